The van der Waals surface area contributed by atoms with Gasteiger partial charge in [0.15, 0.2) is 5.69 Å². The lowest BCUT2D eigenvalue weighted by Crippen LogP contribution is -2.30. The molecule has 1 N–H and O–H groups in total. The number of hydrogen-bond donors (Lipinski definition) is 1. The van der Waals surface area contributed by atoms with Crippen molar-refractivity contribution < 1.29 is 17.9 Å². The molecule has 2 aromatic carbocycles. The largest absolute Gasteiger partial charge is 0.497 e. The molecule has 0 aliphatic heterocycles. The second-order valence-corrected chi connectivity index (χ2v) is 9.17. The van der Waals surface area contributed by atoms with Crippen LogP contribution in [0.15, 0.2) is 47.4 Å². The van der Waals surface area contributed by atoms with Crippen LogP contribution in [0.25, 0.3) is 5.69 Å². The number of ether oxygens (including phenoxy) is 1. The van der Waals surface area contributed by atoms with Gasteiger partial charge in [-0.15, -0.1) is 5.10 Å². The van der Waals surface area contributed by atoms with Crippen LogP contribution in [0, 0.1) is 6.92 Å². The zero-order valence-corrected chi connectivity index (χ0v) is 19.7. The van der Waals surface area contributed by atoms with Crippen molar-refractivity contribution in [1.29, 1.82) is 0 Å². The minimum absolute atomic E-state index is 0.0395. The molecule has 0 radical (unpaired) electrons. The average molecular weight is 478 g/mol. The fourth-order valence-electron chi connectivity index (χ4n) is 3.18. The van der Waals surface area contributed by atoms with Crippen molar-refractivity contribution in [3.63, 3.8) is 0 Å². The van der Waals surface area contributed by atoms with Gasteiger partial charge in [-0.1, -0.05) is 36.7 Å². The highest BCUT2D eigenvalue weighted by Gasteiger charge is 2.24. The third-order valence-corrected chi connectivity index (χ3v) is 7.31. The molecular formula is C21H24ClN5O4S. The number of nitrogens with zero attached hydrogens (tertiary/aromatic N) is 4. The number of methoxy groups -OCH3 is 1. The molecule has 0 aliphatic carbocycles. The molecule has 0 aliphatic rings. The molecule has 0 saturated heterocycles. The van der Waals surface area contributed by atoms with Gasteiger partial charge in [-0.25, -0.2) is 13.1 Å². The van der Waals surface area contributed by atoms with Crippen LogP contribution in [0.2, 0.25) is 5.02 Å². The van der Waals surface area contributed by atoms with Crippen LogP contribution < -0.4 is 10.1 Å². The molecule has 0 spiro atoms. The van der Waals surface area contributed by atoms with Gasteiger partial charge in [0.1, 0.15) is 5.75 Å². The molecule has 1 amide bonds. The maximum atomic E-state index is 12.9. The normalized spacial score (nSPS) is 11.6. The Morgan fingerprint density at radius 1 is 1.19 bits per heavy atom. The third kappa shape index (κ3) is 4.62. The monoisotopic (exact) mass is 477 g/mol. The van der Waals surface area contributed by atoms with Gasteiger partial charge in [0, 0.05) is 19.2 Å². The lowest BCUT2D eigenvalue weighted by Gasteiger charge is -2.19. The van der Waals surface area contributed by atoms with E-state index in [-0.39, 0.29) is 21.3 Å². The van der Waals surface area contributed by atoms with E-state index >= 15 is 0 Å². The van der Waals surface area contributed by atoms with Gasteiger partial charge in [0.25, 0.3) is 5.91 Å². The maximum absolute atomic E-state index is 12.9. The Hall–Kier alpha value is -2.95. The summed E-state index contributed by atoms with van der Waals surface area (Å²) in [4.78, 5) is 12.9. The number of sulfonamides is 1. The number of halogens is 1. The fourth-order valence-corrected chi connectivity index (χ4v) is 4.83. The maximum Gasteiger partial charge on any atom is 0.278 e. The fraction of sp³-hybridized carbons (Fsp3) is 0.286. The summed E-state index contributed by atoms with van der Waals surface area (Å²) in [5.41, 5.74) is 1.43. The first-order chi connectivity index (χ1) is 15.2. The van der Waals surface area contributed by atoms with Crippen molar-refractivity contribution in [1.82, 2.24) is 19.3 Å². The highest BCUT2D eigenvalue weighted by Crippen LogP contribution is 2.28. The number of rotatable bonds is 8. The molecule has 0 unspecified atom stereocenters. The van der Waals surface area contributed by atoms with E-state index in [2.05, 4.69) is 15.6 Å². The molecule has 0 bridgehead atoms. The third-order valence-electron chi connectivity index (χ3n) is 4.94. The van der Waals surface area contributed by atoms with E-state index in [1.54, 1.807) is 46.1 Å². The van der Waals surface area contributed by atoms with Gasteiger partial charge in [0.05, 0.1) is 34.1 Å². The van der Waals surface area contributed by atoms with Gasteiger partial charge >= 0.3 is 0 Å². The molecule has 1 aromatic heterocycles. The molecule has 32 heavy (non-hydrogen) atoms. The summed E-state index contributed by atoms with van der Waals surface area (Å²) in [6.45, 7) is 5.88. The van der Waals surface area contributed by atoms with Gasteiger partial charge in [-0.2, -0.15) is 4.31 Å². The zero-order valence-electron chi connectivity index (χ0n) is 18.2. The number of nitrogens with one attached hydrogen (secondary N) is 1. The summed E-state index contributed by atoms with van der Waals surface area (Å²) < 4.78 is 33.7. The molecule has 0 saturated carbocycles. The van der Waals surface area contributed by atoms with Crippen molar-refractivity contribution in [3.05, 3.63) is 58.9 Å². The average Bonchev–Trinajstić information content (AvgIpc) is 3.17. The molecule has 3 rings (SSSR count). The highest BCUT2D eigenvalue weighted by atomic mass is 35.5. The molecule has 3 aromatic rings. The van der Waals surface area contributed by atoms with Crippen molar-refractivity contribution in [2.45, 2.75) is 25.7 Å². The number of benzene rings is 2. The summed E-state index contributed by atoms with van der Waals surface area (Å²) in [5.74, 6) is 0.0809. The number of carbonyl (C=O) groups is 1. The quantitative estimate of drug-likeness (QED) is 0.532. The minimum atomic E-state index is -3.71. The lowest BCUT2D eigenvalue weighted by molar-refractivity contribution is 0.102. The Morgan fingerprint density at radius 3 is 2.56 bits per heavy atom. The summed E-state index contributed by atoms with van der Waals surface area (Å²) in [5, 5.41) is 10.9. The topological polar surface area (TPSA) is 106 Å². The highest BCUT2D eigenvalue weighted by molar-refractivity contribution is 7.89. The summed E-state index contributed by atoms with van der Waals surface area (Å²) in [7, 11) is -2.15. The van der Waals surface area contributed by atoms with Crippen molar-refractivity contribution in [2.75, 3.05) is 25.5 Å². The van der Waals surface area contributed by atoms with E-state index in [1.165, 1.54) is 27.2 Å². The van der Waals surface area contributed by atoms with Crippen molar-refractivity contribution in [3.8, 4) is 11.4 Å². The van der Waals surface area contributed by atoms with E-state index in [0.717, 1.165) is 0 Å². The molecular weight excluding hydrogens is 454 g/mol. The van der Waals surface area contributed by atoms with Gasteiger partial charge in [0.2, 0.25) is 10.0 Å². The van der Waals surface area contributed by atoms with E-state index < -0.39 is 15.9 Å². The summed E-state index contributed by atoms with van der Waals surface area (Å²) in [6.07, 6.45) is 0. The zero-order chi connectivity index (χ0) is 23.5. The Morgan fingerprint density at radius 2 is 1.91 bits per heavy atom. The number of hydrogen-bond acceptors (Lipinski definition) is 6. The summed E-state index contributed by atoms with van der Waals surface area (Å²) >= 11 is 6.22. The minimum Gasteiger partial charge on any atom is -0.497 e. The number of amides is 1. The van der Waals surface area contributed by atoms with Crippen LogP contribution in [0.4, 0.5) is 5.69 Å². The van der Waals surface area contributed by atoms with Crippen molar-refractivity contribution in [2.24, 2.45) is 0 Å². The van der Waals surface area contributed by atoms with Crippen molar-refractivity contribution >= 4 is 33.2 Å². The SMILES string of the molecule is CCN(CC)S(=O)(=O)c1ccc(Cl)c(NC(=O)c2nnn(-c3cccc(OC)c3)c2C)c1. The van der Waals surface area contributed by atoms with E-state index in [1.807, 2.05) is 6.07 Å². The predicted octanol–water partition coefficient (Wildman–Crippen LogP) is 3.52. The van der Waals surface area contributed by atoms with E-state index in [9.17, 15) is 13.2 Å². The first-order valence-electron chi connectivity index (χ1n) is 9.90. The Labute approximate surface area is 192 Å². The van der Waals surface area contributed by atoms with E-state index in [4.69, 9.17) is 16.3 Å². The van der Waals surface area contributed by atoms with Crippen LogP contribution in [0.5, 0.6) is 5.75 Å². The molecule has 170 valence electrons. The van der Waals surface area contributed by atoms with Crippen LogP contribution in [-0.4, -0.2) is 53.8 Å². The Kier molecular flexibility index (Phi) is 7.17. The number of aromatic nitrogens is 3. The smallest absolute Gasteiger partial charge is 0.278 e. The predicted molar refractivity (Wildman–Crippen MR) is 122 cm³/mol. The molecule has 9 nitrogen and oxygen atoms in total. The Bertz CT molecular complexity index is 1240. The number of carbonyl (C=O) groups excluding carboxylic acids is 1. The Balaban J connectivity index is 1.91. The second kappa shape index (κ2) is 9.68. The van der Waals surface area contributed by atoms with Crippen LogP contribution in [0.1, 0.15) is 30.0 Å². The van der Waals surface area contributed by atoms with E-state index in [0.29, 0.717) is 30.2 Å². The van der Waals surface area contributed by atoms with Gasteiger partial charge < -0.3 is 10.1 Å². The van der Waals surface area contributed by atoms with Crippen LogP contribution in [0.3, 0.4) is 0 Å². The molecule has 1 heterocycles. The number of anilines is 1. The first kappa shape index (κ1) is 23.7. The van der Waals surface area contributed by atoms with Crippen LogP contribution >= 0.6 is 11.6 Å². The van der Waals surface area contributed by atoms with Gasteiger partial charge in [-0.05, 0) is 37.3 Å². The van der Waals surface area contributed by atoms with Gasteiger partial charge in [-0.3, -0.25) is 4.79 Å². The molecule has 0 fully saturated rings. The standard InChI is InChI=1S/C21H24ClN5O4S/c1-5-26(6-2)32(29,30)17-10-11-18(22)19(13-17)23-21(28)20-14(3)27(25-24-20)15-8-7-9-16(12-15)31-4/h7-13H,5-6H2,1-4H3,(H,23,28). The molecule has 11 heteroatoms. The summed E-state index contributed by atoms with van der Waals surface area (Å²) in [6, 6.07) is 11.4. The second-order valence-electron chi connectivity index (χ2n) is 6.82. The van der Waals surface area contributed by atoms with Crippen LogP contribution in [-0.2, 0) is 10.0 Å². The first-order valence-corrected chi connectivity index (χ1v) is 11.7. The lowest BCUT2D eigenvalue weighted by atomic mass is 10.2. The molecule has 0 atom stereocenters.